The lowest BCUT2D eigenvalue weighted by molar-refractivity contribution is 0.428. The smallest absolute Gasteiger partial charge is 0.261 e. The molecule has 1 aliphatic heterocycles. The molecule has 2 N–H and O–H groups in total. The highest BCUT2D eigenvalue weighted by atomic mass is 32.2. The molecule has 2 aliphatic rings. The largest absolute Gasteiger partial charge is 0.377 e. The highest BCUT2D eigenvalue weighted by molar-refractivity contribution is 7.92. The van der Waals surface area contributed by atoms with Gasteiger partial charge in [0.25, 0.3) is 10.0 Å². The molecule has 160 valence electrons. The summed E-state index contributed by atoms with van der Waals surface area (Å²) in [5.74, 6) is 0.620. The normalized spacial score (nSPS) is 22.0. The number of anilines is 2. The van der Waals surface area contributed by atoms with E-state index < -0.39 is 10.0 Å². The zero-order chi connectivity index (χ0) is 21.8. The zero-order valence-corrected chi connectivity index (χ0v) is 19.5. The van der Waals surface area contributed by atoms with Crippen LogP contribution in [0.15, 0.2) is 64.9 Å². The lowest BCUT2D eigenvalue weighted by Gasteiger charge is -2.37. The molecule has 4 nitrogen and oxygen atoms in total. The van der Waals surface area contributed by atoms with E-state index in [9.17, 15) is 8.42 Å². The number of hydrogen-bond acceptors (Lipinski definition) is 4. The molecule has 0 saturated heterocycles. The molecule has 2 aromatic carbocycles. The van der Waals surface area contributed by atoms with Crippen molar-refractivity contribution < 1.29 is 8.42 Å². The molecule has 0 bridgehead atoms. The van der Waals surface area contributed by atoms with E-state index in [1.807, 2.05) is 44.2 Å². The Morgan fingerprint density at radius 2 is 1.84 bits per heavy atom. The molecule has 0 radical (unpaired) electrons. The molecule has 3 aromatic rings. The monoisotopic (exact) mass is 450 g/mol. The van der Waals surface area contributed by atoms with E-state index in [-0.39, 0.29) is 12.0 Å². The first-order valence-corrected chi connectivity index (χ1v) is 12.9. The van der Waals surface area contributed by atoms with Gasteiger partial charge in [0.1, 0.15) is 0 Å². The lowest BCUT2D eigenvalue weighted by Crippen LogP contribution is -2.29. The molecule has 1 aromatic heterocycles. The second kappa shape index (κ2) is 7.53. The maximum absolute atomic E-state index is 13.1. The van der Waals surface area contributed by atoms with Crippen molar-refractivity contribution in [2.75, 3.05) is 10.0 Å². The summed E-state index contributed by atoms with van der Waals surface area (Å²) in [5.41, 5.74) is 6.18. The molecule has 6 heteroatoms. The van der Waals surface area contributed by atoms with Gasteiger partial charge in [-0.15, -0.1) is 11.3 Å². The number of sulfonamides is 1. The Morgan fingerprint density at radius 1 is 1.00 bits per heavy atom. The predicted octanol–water partition coefficient (Wildman–Crippen LogP) is 6.30. The Balaban J connectivity index is 1.49. The molecule has 1 aliphatic carbocycles. The number of benzene rings is 2. The van der Waals surface area contributed by atoms with Crippen LogP contribution >= 0.6 is 11.3 Å². The van der Waals surface area contributed by atoms with Crippen molar-refractivity contribution in [1.82, 2.24) is 0 Å². The van der Waals surface area contributed by atoms with Gasteiger partial charge in [0, 0.05) is 22.2 Å². The quantitative estimate of drug-likeness (QED) is 0.459. The van der Waals surface area contributed by atoms with Crippen LogP contribution in [0.3, 0.4) is 0 Å². The van der Waals surface area contributed by atoms with Crippen LogP contribution in [-0.2, 0) is 10.0 Å². The van der Waals surface area contributed by atoms with Gasteiger partial charge in [0.15, 0.2) is 0 Å². The van der Waals surface area contributed by atoms with Gasteiger partial charge in [-0.3, -0.25) is 4.72 Å². The van der Waals surface area contributed by atoms with Crippen LogP contribution in [0.5, 0.6) is 0 Å². The number of aryl methyl sites for hydroxylation is 3. The molecule has 31 heavy (non-hydrogen) atoms. The molecule has 0 amide bonds. The maximum atomic E-state index is 13.1. The van der Waals surface area contributed by atoms with Crippen LogP contribution in [-0.4, -0.2) is 8.42 Å². The summed E-state index contributed by atoms with van der Waals surface area (Å²) < 4.78 is 29.0. The van der Waals surface area contributed by atoms with E-state index in [1.54, 1.807) is 17.4 Å². The topological polar surface area (TPSA) is 58.2 Å². The minimum absolute atomic E-state index is 0.222. The van der Waals surface area contributed by atoms with E-state index in [1.165, 1.54) is 10.4 Å². The van der Waals surface area contributed by atoms with Crippen LogP contribution in [0.1, 0.15) is 45.5 Å². The third-order valence-corrected chi connectivity index (χ3v) is 9.07. The molecule has 0 spiro atoms. The highest BCUT2D eigenvalue weighted by Crippen LogP contribution is 2.51. The van der Waals surface area contributed by atoms with Crippen molar-refractivity contribution in [1.29, 1.82) is 0 Å². The first kappa shape index (κ1) is 20.3. The average molecular weight is 451 g/mol. The number of thiophene rings is 1. The van der Waals surface area contributed by atoms with Crippen LogP contribution in [0.25, 0.3) is 0 Å². The zero-order valence-electron chi connectivity index (χ0n) is 17.8. The number of nitrogens with one attached hydrogen (secondary N) is 2. The molecular weight excluding hydrogens is 424 g/mol. The second-order valence-corrected chi connectivity index (χ2v) is 11.2. The Kier molecular flexibility index (Phi) is 4.94. The predicted molar refractivity (Wildman–Crippen MR) is 129 cm³/mol. The molecule has 5 rings (SSSR count). The van der Waals surface area contributed by atoms with Crippen molar-refractivity contribution in [3.63, 3.8) is 0 Å². The Labute approximate surface area is 188 Å². The molecule has 0 saturated carbocycles. The summed E-state index contributed by atoms with van der Waals surface area (Å²) in [7, 11) is -3.67. The standard InChI is InChI=1S/C25H26N2O2S2/c1-15-7-8-18(13-17(15)3)27-31(28,29)19-9-10-23-22(14-19)20-5-4-6-21(20)24(26-23)25-16(2)11-12-30-25/h4-5,7-14,20-21,24,26-27H,6H2,1-3H3. The summed E-state index contributed by atoms with van der Waals surface area (Å²) in [4.78, 5) is 1.67. The molecule has 0 fully saturated rings. The maximum Gasteiger partial charge on any atom is 0.261 e. The molecule has 3 atom stereocenters. The van der Waals surface area contributed by atoms with E-state index >= 15 is 0 Å². The Hall–Kier alpha value is -2.57. The first-order chi connectivity index (χ1) is 14.8. The van der Waals surface area contributed by atoms with Gasteiger partial charge in [-0.25, -0.2) is 8.42 Å². The summed E-state index contributed by atoms with van der Waals surface area (Å²) >= 11 is 1.79. The summed E-state index contributed by atoms with van der Waals surface area (Å²) in [6, 6.07) is 13.5. The minimum atomic E-state index is -3.67. The Morgan fingerprint density at radius 3 is 2.58 bits per heavy atom. The third kappa shape index (κ3) is 3.58. The van der Waals surface area contributed by atoms with Gasteiger partial charge in [-0.1, -0.05) is 18.2 Å². The van der Waals surface area contributed by atoms with Crippen molar-refractivity contribution in [2.24, 2.45) is 5.92 Å². The van der Waals surface area contributed by atoms with Crippen molar-refractivity contribution in [3.8, 4) is 0 Å². The molecular formula is C25H26N2O2S2. The number of allylic oxidation sites excluding steroid dienone is 2. The minimum Gasteiger partial charge on any atom is -0.377 e. The van der Waals surface area contributed by atoms with Crippen LogP contribution in [0.2, 0.25) is 0 Å². The fraction of sp³-hybridized carbons (Fsp3) is 0.280. The molecule has 2 heterocycles. The number of hydrogen-bond donors (Lipinski definition) is 2. The summed E-state index contributed by atoms with van der Waals surface area (Å²) in [5, 5.41) is 5.86. The van der Waals surface area contributed by atoms with Gasteiger partial charge < -0.3 is 5.32 Å². The third-order valence-electron chi connectivity index (χ3n) is 6.59. The van der Waals surface area contributed by atoms with Crippen LogP contribution < -0.4 is 10.0 Å². The number of fused-ring (bicyclic) bond motifs is 3. The van der Waals surface area contributed by atoms with E-state index in [2.05, 4.69) is 40.6 Å². The summed E-state index contributed by atoms with van der Waals surface area (Å²) in [6.45, 7) is 6.16. The number of rotatable bonds is 4. The lowest BCUT2D eigenvalue weighted by atomic mass is 9.78. The average Bonchev–Trinajstić information content (AvgIpc) is 3.39. The van der Waals surface area contributed by atoms with Crippen molar-refractivity contribution in [2.45, 2.75) is 44.0 Å². The van der Waals surface area contributed by atoms with Crippen molar-refractivity contribution in [3.05, 3.63) is 87.1 Å². The summed E-state index contributed by atoms with van der Waals surface area (Å²) in [6.07, 6.45) is 5.47. The first-order valence-electron chi connectivity index (χ1n) is 10.5. The van der Waals surface area contributed by atoms with Gasteiger partial charge in [0.2, 0.25) is 0 Å². The molecule has 3 unspecified atom stereocenters. The van der Waals surface area contributed by atoms with Gasteiger partial charge in [0.05, 0.1) is 10.9 Å². The van der Waals surface area contributed by atoms with Gasteiger partial charge in [-0.2, -0.15) is 0 Å². The SMILES string of the molecule is Cc1ccc(NS(=O)(=O)c2ccc3c(c2)C2C=CCC2C(c2sccc2C)N3)cc1C. The van der Waals surface area contributed by atoms with Crippen molar-refractivity contribution >= 4 is 32.7 Å². The van der Waals surface area contributed by atoms with Gasteiger partial charge >= 0.3 is 0 Å². The second-order valence-electron chi connectivity index (χ2n) is 8.60. The fourth-order valence-corrected chi connectivity index (χ4v) is 6.86. The van der Waals surface area contributed by atoms with E-state index in [0.717, 1.165) is 28.8 Å². The van der Waals surface area contributed by atoms with E-state index in [4.69, 9.17) is 0 Å². The fourth-order valence-electron chi connectivity index (χ4n) is 4.72. The van der Waals surface area contributed by atoms with Crippen LogP contribution in [0.4, 0.5) is 11.4 Å². The van der Waals surface area contributed by atoms with Gasteiger partial charge in [-0.05, 0) is 97.1 Å². The van der Waals surface area contributed by atoms with E-state index in [0.29, 0.717) is 16.5 Å². The highest BCUT2D eigenvalue weighted by Gasteiger charge is 2.39. The van der Waals surface area contributed by atoms with Crippen LogP contribution in [0, 0.1) is 26.7 Å². The Bertz CT molecular complexity index is 1290.